The zero-order chi connectivity index (χ0) is 12.6. The summed E-state index contributed by atoms with van der Waals surface area (Å²) in [6, 6.07) is 0. The van der Waals surface area contributed by atoms with Crippen molar-refractivity contribution in [3.8, 4) is 0 Å². The van der Waals surface area contributed by atoms with Gasteiger partial charge in [0.1, 0.15) is 0 Å². The molecule has 1 saturated heterocycles. The first-order valence-corrected chi connectivity index (χ1v) is 7.47. The van der Waals surface area contributed by atoms with Gasteiger partial charge in [-0.1, -0.05) is 51.9 Å². The summed E-state index contributed by atoms with van der Waals surface area (Å²) in [5.41, 5.74) is 0.0728. The molecule has 2 heteroatoms. The van der Waals surface area contributed by atoms with Crippen molar-refractivity contribution in [1.82, 2.24) is 0 Å². The largest absolute Gasteiger partial charge is 0.396 e. The summed E-state index contributed by atoms with van der Waals surface area (Å²) in [6.07, 6.45) is 11.8. The minimum atomic E-state index is 0.0728. The fourth-order valence-electron chi connectivity index (χ4n) is 2.87. The van der Waals surface area contributed by atoms with Crippen LogP contribution in [0.3, 0.4) is 0 Å². The van der Waals surface area contributed by atoms with Gasteiger partial charge in [-0.2, -0.15) is 0 Å². The van der Waals surface area contributed by atoms with Gasteiger partial charge in [0.15, 0.2) is 0 Å². The second-order valence-electron chi connectivity index (χ2n) is 5.65. The first-order valence-electron chi connectivity index (χ1n) is 7.47. The minimum Gasteiger partial charge on any atom is -0.396 e. The smallest absolute Gasteiger partial charge is 0.0625 e. The summed E-state index contributed by atoms with van der Waals surface area (Å²) in [6.45, 7) is 5.50. The van der Waals surface area contributed by atoms with Gasteiger partial charge in [-0.15, -0.1) is 0 Å². The Balaban J connectivity index is 2.08. The van der Waals surface area contributed by atoms with Crippen molar-refractivity contribution in [2.75, 3.05) is 13.2 Å². The Morgan fingerprint density at radius 1 is 1.12 bits per heavy atom. The summed E-state index contributed by atoms with van der Waals surface area (Å²) in [7, 11) is 0. The highest BCUT2D eigenvalue weighted by atomic mass is 16.5. The molecule has 0 spiro atoms. The standard InChI is InChI=1S/C15H30O2/c1-3-4-5-6-7-8-9-10-15(13-16)11-12-17-14(15)2/h14,16H,3-13H2,1-2H3. The van der Waals surface area contributed by atoms with E-state index in [-0.39, 0.29) is 11.5 Å². The molecule has 0 aromatic rings. The molecule has 1 aliphatic heterocycles. The number of aliphatic hydroxyl groups excluding tert-OH is 1. The molecule has 0 aliphatic carbocycles. The van der Waals surface area contributed by atoms with Gasteiger partial charge in [0.2, 0.25) is 0 Å². The monoisotopic (exact) mass is 242 g/mol. The average Bonchev–Trinajstić information content (AvgIpc) is 2.70. The molecule has 1 rings (SSSR count). The molecule has 0 amide bonds. The van der Waals surface area contributed by atoms with Crippen LogP contribution in [-0.4, -0.2) is 24.4 Å². The zero-order valence-electron chi connectivity index (χ0n) is 11.7. The van der Waals surface area contributed by atoms with Crippen molar-refractivity contribution in [3.05, 3.63) is 0 Å². The van der Waals surface area contributed by atoms with Crippen LogP contribution in [0.25, 0.3) is 0 Å². The molecule has 17 heavy (non-hydrogen) atoms. The number of unbranched alkanes of at least 4 members (excludes halogenated alkanes) is 6. The van der Waals surface area contributed by atoms with Gasteiger partial charge in [-0.05, 0) is 19.8 Å². The van der Waals surface area contributed by atoms with E-state index in [0.29, 0.717) is 6.61 Å². The van der Waals surface area contributed by atoms with Crippen molar-refractivity contribution >= 4 is 0 Å². The van der Waals surface area contributed by atoms with Crippen LogP contribution >= 0.6 is 0 Å². The van der Waals surface area contributed by atoms with Crippen LogP contribution in [0.5, 0.6) is 0 Å². The van der Waals surface area contributed by atoms with E-state index < -0.39 is 0 Å². The number of ether oxygens (including phenoxy) is 1. The summed E-state index contributed by atoms with van der Waals surface area (Å²) in [4.78, 5) is 0. The Morgan fingerprint density at radius 3 is 2.29 bits per heavy atom. The maximum absolute atomic E-state index is 9.58. The molecule has 0 bridgehead atoms. The van der Waals surface area contributed by atoms with E-state index in [9.17, 15) is 5.11 Å². The van der Waals surface area contributed by atoms with Crippen LogP contribution in [0.15, 0.2) is 0 Å². The third kappa shape index (κ3) is 4.59. The fraction of sp³-hybridized carbons (Fsp3) is 1.00. The lowest BCUT2D eigenvalue weighted by Gasteiger charge is -2.30. The predicted molar refractivity (Wildman–Crippen MR) is 72.2 cm³/mol. The SMILES string of the molecule is CCCCCCCCCC1(CO)CCOC1C. The Labute approximate surface area is 107 Å². The zero-order valence-corrected chi connectivity index (χ0v) is 11.7. The second-order valence-corrected chi connectivity index (χ2v) is 5.65. The lowest BCUT2D eigenvalue weighted by molar-refractivity contribution is 0.0202. The van der Waals surface area contributed by atoms with E-state index in [0.717, 1.165) is 19.4 Å². The first-order chi connectivity index (χ1) is 8.25. The summed E-state index contributed by atoms with van der Waals surface area (Å²) >= 11 is 0. The minimum absolute atomic E-state index is 0.0728. The van der Waals surface area contributed by atoms with Crippen molar-refractivity contribution in [1.29, 1.82) is 0 Å². The van der Waals surface area contributed by atoms with Gasteiger partial charge in [-0.3, -0.25) is 0 Å². The van der Waals surface area contributed by atoms with Crippen LogP contribution in [0.4, 0.5) is 0 Å². The van der Waals surface area contributed by atoms with E-state index in [1.54, 1.807) is 0 Å². The van der Waals surface area contributed by atoms with E-state index in [1.165, 1.54) is 44.9 Å². The molecule has 1 heterocycles. The third-order valence-corrected chi connectivity index (χ3v) is 4.42. The first kappa shape index (κ1) is 15.0. The van der Waals surface area contributed by atoms with Crippen LogP contribution < -0.4 is 0 Å². The Kier molecular flexibility index (Phi) is 7.14. The predicted octanol–water partition coefficient (Wildman–Crippen LogP) is 3.91. The van der Waals surface area contributed by atoms with E-state index in [2.05, 4.69) is 13.8 Å². The van der Waals surface area contributed by atoms with E-state index in [4.69, 9.17) is 4.74 Å². The topological polar surface area (TPSA) is 29.5 Å². The van der Waals surface area contributed by atoms with Gasteiger partial charge in [0.05, 0.1) is 12.7 Å². The van der Waals surface area contributed by atoms with Crippen LogP contribution in [0, 0.1) is 5.41 Å². The molecule has 102 valence electrons. The third-order valence-electron chi connectivity index (χ3n) is 4.42. The Bertz CT molecular complexity index is 193. The Hall–Kier alpha value is -0.0800. The molecule has 2 atom stereocenters. The molecule has 1 N–H and O–H groups in total. The van der Waals surface area contributed by atoms with E-state index >= 15 is 0 Å². The van der Waals surface area contributed by atoms with Crippen molar-refractivity contribution in [2.24, 2.45) is 5.41 Å². The number of rotatable bonds is 9. The number of aliphatic hydroxyl groups is 1. The highest BCUT2D eigenvalue weighted by Gasteiger charge is 2.40. The van der Waals surface area contributed by atoms with Gasteiger partial charge in [0, 0.05) is 12.0 Å². The molecular weight excluding hydrogens is 212 g/mol. The molecule has 0 radical (unpaired) electrons. The number of hydrogen-bond donors (Lipinski definition) is 1. The summed E-state index contributed by atoms with van der Waals surface area (Å²) in [5, 5.41) is 9.58. The van der Waals surface area contributed by atoms with Gasteiger partial charge in [-0.25, -0.2) is 0 Å². The van der Waals surface area contributed by atoms with Gasteiger partial charge < -0.3 is 9.84 Å². The molecular formula is C15H30O2. The normalized spacial score (nSPS) is 28.8. The molecule has 0 saturated carbocycles. The highest BCUT2D eigenvalue weighted by molar-refractivity contribution is 4.88. The maximum atomic E-state index is 9.58. The molecule has 1 aliphatic rings. The average molecular weight is 242 g/mol. The fourth-order valence-corrected chi connectivity index (χ4v) is 2.87. The maximum Gasteiger partial charge on any atom is 0.0625 e. The Morgan fingerprint density at radius 2 is 1.76 bits per heavy atom. The van der Waals surface area contributed by atoms with Crippen molar-refractivity contribution in [2.45, 2.75) is 77.7 Å². The molecule has 1 fully saturated rings. The van der Waals surface area contributed by atoms with Gasteiger partial charge >= 0.3 is 0 Å². The quantitative estimate of drug-likeness (QED) is 0.621. The van der Waals surface area contributed by atoms with Crippen LogP contribution in [0.2, 0.25) is 0 Å². The lowest BCUT2D eigenvalue weighted by Crippen LogP contribution is -2.32. The molecule has 2 nitrogen and oxygen atoms in total. The molecule has 0 aromatic heterocycles. The lowest BCUT2D eigenvalue weighted by atomic mass is 9.78. The molecule has 2 unspecified atom stereocenters. The molecule has 0 aromatic carbocycles. The summed E-state index contributed by atoms with van der Waals surface area (Å²) in [5.74, 6) is 0. The van der Waals surface area contributed by atoms with Crippen molar-refractivity contribution in [3.63, 3.8) is 0 Å². The number of hydrogen-bond acceptors (Lipinski definition) is 2. The van der Waals surface area contributed by atoms with E-state index in [1.807, 2.05) is 0 Å². The van der Waals surface area contributed by atoms with Gasteiger partial charge in [0.25, 0.3) is 0 Å². The second kappa shape index (κ2) is 8.10. The van der Waals surface area contributed by atoms with Crippen LogP contribution in [-0.2, 0) is 4.74 Å². The summed E-state index contributed by atoms with van der Waals surface area (Å²) < 4.78 is 5.61. The highest BCUT2D eigenvalue weighted by Crippen LogP contribution is 2.39. The van der Waals surface area contributed by atoms with Crippen LogP contribution in [0.1, 0.15) is 71.6 Å². The van der Waals surface area contributed by atoms with Crippen molar-refractivity contribution < 1.29 is 9.84 Å².